The zero-order valence-corrected chi connectivity index (χ0v) is 12.7. The number of rotatable bonds is 1. The molecule has 0 N–H and O–H groups in total. The molecule has 1 amide bonds. The van der Waals surface area contributed by atoms with Crippen LogP contribution in [0.3, 0.4) is 0 Å². The van der Waals surface area contributed by atoms with Crippen molar-refractivity contribution < 1.29 is 4.79 Å². The molecule has 3 rings (SSSR count). The first-order valence-corrected chi connectivity index (χ1v) is 7.21. The van der Waals surface area contributed by atoms with Gasteiger partial charge in [-0.2, -0.15) is 5.10 Å². The van der Waals surface area contributed by atoms with E-state index in [-0.39, 0.29) is 11.3 Å². The molecule has 0 radical (unpaired) electrons. The van der Waals surface area contributed by atoms with Gasteiger partial charge in [-0.05, 0) is 18.2 Å². The first kappa shape index (κ1) is 13.8. The molecule has 5 heteroatoms. The molecule has 1 aliphatic heterocycles. The van der Waals surface area contributed by atoms with Gasteiger partial charge in [-0.15, -0.1) is 0 Å². The van der Waals surface area contributed by atoms with E-state index in [1.807, 2.05) is 9.58 Å². The van der Waals surface area contributed by atoms with Gasteiger partial charge in [-0.1, -0.05) is 20.8 Å². The Morgan fingerprint density at radius 2 is 1.90 bits per heavy atom. The topological polar surface area (TPSA) is 51.0 Å². The number of carbonyl (C=O) groups excluding carboxylic acids is 1. The molecular formula is C16H20N4O. The second-order valence-corrected chi connectivity index (χ2v) is 6.46. The van der Waals surface area contributed by atoms with Crippen LogP contribution in [0.15, 0.2) is 30.6 Å². The third-order valence-corrected chi connectivity index (χ3v) is 3.78. The average Bonchev–Trinajstić information content (AvgIpc) is 2.90. The van der Waals surface area contributed by atoms with Gasteiger partial charge in [0.05, 0.1) is 24.5 Å². The summed E-state index contributed by atoms with van der Waals surface area (Å²) in [5.41, 5.74) is 2.91. The molecule has 5 nitrogen and oxygen atoms in total. The maximum absolute atomic E-state index is 12.5. The normalized spacial score (nSPS) is 14.9. The zero-order chi connectivity index (χ0) is 15.0. The summed E-state index contributed by atoms with van der Waals surface area (Å²) >= 11 is 0. The van der Waals surface area contributed by atoms with Crippen molar-refractivity contribution >= 4 is 5.91 Å². The average molecular weight is 284 g/mol. The minimum atomic E-state index is 0.0320. The molecule has 2 aromatic heterocycles. The Bertz CT molecular complexity index is 655. The van der Waals surface area contributed by atoms with Crippen LogP contribution in [0.2, 0.25) is 0 Å². The summed E-state index contributed by atoms with van der Waals surface area (Å²) < 4.78 is 2.02. The van der Waals surface area contributed by atoms with Crippen molar-refractivity contribution in [3.05, 3.63) is 47.5 Å². The lowest BCUT2D eigenvalue weighted by Crippen LogP contribution is -2.38. The summed E-state index contributed by atoms with van der Waals surface area (Å²) in [7, 11) is 0. The van der Waals surface area contributed by atoms with Crippen LogP contribution < -0.4 is 0 Å². The van der Waals surface area contributed by atoms with E-state index in [9.17, 15) is 4.79 Å². The molecule has 0 unspecified atom stereocenters. The minimum Gasteiger partial charge on any atom is -0.331 e. The predicted molar refractivity (Wildman–Crippen MR) is 79.9 cm³/mol. The largest absolute Gasteiger partial charge is 0.331 e. The standard InChI is InChI=1S/C16H20N4O/c1-16(2,3)14-10-13-11-19(8-9-20(13)18-14)15(21)12-4-6-17-7-5-12/h4-7,10H,8-9,11H2,1-3H3. The van der Waals surface area contributed by atoms with Crippen molar-refractivity contribution in [2.75, 3.05) is 6.54 Å². The first-order valence-electron chi connectivity index (χ1n) is 7.21. The smallest absolute Gasteiger partial charge is 0.254 e. The van der Waals surface area contributed by atoms with Gasteiger partial charge >= 0.3 is 0 Å². The van der Waals surface area contributed by atoms with E-state index in [1.165, 1.54) is 0 Å². The highest BCUT2D eigenvalue weighted by Gasteiger charge is 2.26. The van der Waals surface area contributed by atoms with E-state index in [0.717, 1.165) is 17.9 Å². The molecule has 21 heavy (non-hydrogen) atoms. The highest BCUT2D eigenvalue weighted by Crippen LogP contribution is 2.24. The van der Waals surface area contributed by atoms with E-state index >= 15 is 0 Å². The van der Waals surface area contributed by atoms with Crippen molar-refractivity contribution in [3.63, 3.8) is 0 Å². The van der Waals surface area contributed by atoms with E-state index in [0.29, 0.717) is 18.7 Å². The fraction of sp³-hybridized carbons (Fsp3) is 0.438. The molecule has 0 saturated carbocycles. The van der Waals surface area contributed by atoms with Crippen LogP contribution in [0, 0.1) is 0 Å². The summed E-state index contributed by atoms with van der Waals surface area (Å²) in [5.74, 6) is 0.0576. The Labute approximate surface area is 124 Å². The Morgan fingerprint density at radius 1 is 1.19 bits per heavy atom. The number of fused-ring (bicyclic) bond motifs is 1. The molecule has 110 valence electrons. The van der Waals surface area contributed by atoms with Crippen LogP contribution in [0.4, 0.5) is 0 Å². The van der Waals surface area contributed by atoms with E-state index < -0.39 is 0 Å². The van der Waals surface area contributed by atoms with Gasteiger partial charge in [0.15, 0.2) is 0 Å². The molecule has 0 aliphatic carbocycles. The fourth-order valence-electron chi connectivity index (χ4n) is 2.48. The maximum Gasteiger partial charge on any atom is 0.254 e. The van der Waals surface area contributed by atoms with Gasteiger partial charge in [0.1, 0.15) is 0 Å². The highest BCUT2D eigenvalue weighted by molar-refractivity contribution is 5.94. The molecular weight excluding hydrogens is 264 g/mol. The van der Waals surface area contributed by atoms with Crippen molar-refractivity contribution in [3.8, 4) is 0 Å². The number of hydrogen-bond acceptors (Lipinski definition) is 3. The third kappa shape index (κ3) is 2.68. The van der Waals surface area contributed by atoms with Gasteiger partial charge in [0.25, 0.3) is 5.91 Å². The highest BCUT2D eigenvalue weighted by atomic mass is 16.2. The van der Waals surface area contributed by atoms with Gasteiger partial charge in [-0.3, -0.25) is 14.5 Å². The number of amides is 1. The van der Waals surface area contributed by atoms with E-state index in [4.69, 9.17) is 0 Å². The van der Waals surface area contributed by atoms with E-state index in [1.54, 1.807) is 24.5 Å². The van der Waals surface area contributed by atoms with Gasteiger partial charge < -0.3 is 4.90 Å². The summed E-state index contributed by atoms with van der Waals surface area (Å²) in [4.78, 5) is 18.3. The molecule has 0 aromatic carbocycles. The molecule has 0 spiro atoms. The van der Waals surface area contributed by atoms with Crippen LogP contribution in [-0.4, -0.2) is 32.1 Å². The molecule has 0 bridgehead atoms. The van der Waals surface area contributed by atoms with Crippen LogP contribution in [0.1, 0.15) is 42.5 Å². The fourth-order valence-corrected chi connectivity index (χ4v) is 2.48. The summed E-state index contributed by atoms with van der Waals surface area (Å²) in [6, 6.07) is 5.63. The monoisotopic (exact) mass is 284 g/mol. The number of carbonyl (C=O) groups is 1. The minimum absolute atomic E-state index is 0.0320. The summed E-state index contributed by atoms with van der Waals surface area (Å²) in [6.45, 7) is 8.52. The first-order chi connectivity index (χ1) is 9.95. The molecule has 0 atom stereocenters. The lowest BCUT2D eigenvalue weighted by atomic mass is 9.92. The second kappa shape index (κ2) is 4.98. The second-order valence-electron chi connectivity index (χ2n) is 6.46. The lowest BCUT2D eigenvalue weighted by molar-refractivity contribution is 0.0706. The van der Waals surface area contributed by atoms with Gasteiger partial charge in [-0.25, -0.2) is 0 Å². The zero-order valence-electron chi connectivity index (χ0n) is 12.7. The van der Waals surface area contributed by atoms with Gasteiger partial charge in [0, 0.05) is 29.9 Å². The Kier molecular flexibility index (Phi) is 3.27. The molecule has 0 fully saturated rings. The summed E-state index contributed by atoms with van der Waals surface area (Å²) in [5, 5.41) is 4.66. The predicted octanol–water partition coefficient (Wildman–Crippen LogP) is 2.23. The number of hydrogen-bond donors (Lipinski definition) is 0. The lowest BCUT2D eigenvalue weighted by Gasteiger charge is -2.27. The Morgan fingerprint density at radius 3 is 2.57 bits per heavy atom. The number of aromatic nitrogens is 3. The van der Waals surface area contributed by atoms with Crippen molar-refractivity contribution in [2.45, 2.75) is 39.3 Å². The number of nitrogens with zero attached hydrogens (tertiary/aromatic N) is 4. The molecule has 2 aromatic rings. The van der Waals surface area contributed by atoms with Crippen molar-refractivity contribution in [2.24, 2.45) is 0 Å². The third-order valence-electron chi connectivity index (χ3n) is 3.78. The Balaban J connectivity index is 1.82. The van der Waals surface area contributed by atoms with Crippen LogP contribution in [-0.2, 0) is 18.5 Å². The van der Waals surface area contributed by atoms with Crippen LogP contribution in [0.5, 0.6) is 0 Å². The number of pyridine rings is 1. The molecule has 3 heterocycles. The SMILES string of the molecule is CC(C)(C)c1cc2n(n1)CCN(C(=O)c1ccncc1)C2. The van der Waals surface area contributed by atoms with Crippen molar-refractivity contribution in [1.82, 2.24) is 19.7 Å². The quantitative estimate of drug-likeness (QED) is 0.807. The van der Waals surface area contributed by atoms with Crippen molar-refractivity contribution in [1.29, 1.82) is 0 Å². The maximum atomic E-state index is 12.5. The summed E-state index contributed by atoms with van der Waals surface area (Å²) in [6.07, 6.45) is 3.30. The molecule has 0 saturated heterocycles. The molecule has 1 aliphatic rings. The van der Waals surface area contributed by atoms with Gasteiger partial charge in [0.2, 0.25) is 0 Å². The Hall–Kier alpha value is -2.17. The van der Waals surface area contributed by atoms with Crippen LogP contribution in [0.25, 0.3) is 0 Å². The van der Waals surface area contributed by atoms with Crippen LogP contribution >= 0.6 is 0 Å². The van der Waals surface area contributed by atoms with E-state index in [2.05, 4.69) is 36.9 Å².